The molecule has 0 spiro atoms. The maximum atomic E-state index is 12.1. The number of ether oxygens (including phenoxy) is 5. The van der Waals surface area contributed by atoms with E-state index in [9.17, 15) is 9.90 Å². The molecule has 2 aromatic carbocycles. The van der Waals surface area contributed by atoms with Gasteiger partial charge in [0.15, 0.2) is 0 Å². The van der Waals surface area contributed by atoms with E-state index in [4.69, 9.17) is 23.7 Å². The Bertz CT molecular complexity index is 1400. The second-order valence-corrected chi connectivity index (χ2v) is 10.7. The van der Waals surface area contributed by atoms with Crippen molar-refractivity contribution in [2.45, 2.75) is 44.4 Å². The fourth-order valence-corrected chi connectivity index (χ4v) is 5.37. The lowest BCUT2D eigenvalue weighted by atomic mass is 9.84. The Labute approximate surface area is 263 Å². The van der Waals surface area contributed by atoms with Gasteiger partial charge in [-0.3, -0.25) is 9.97 Å². The minimum atomic E-state index is -1.01. The van der Waals surface area contributed by atoms with Crippen LogP contribution in [0.3, 0.4) is 0 Å². The molecule has 4 aromatic rings. The van der Waals surface area contributed by atoms with Crippen molar-refractivity contribution in [1.29, 1.82) is 0 Å². The van der Waals surface area contributed by atoms with Gasteiger partial charge in [-0.1, -0.05) is 42.5 Å². The topological polar surface area (TPSA) is 112 Å². The average molecular weight is 614 g/mol. The van der Waals surface area contributed by atoms with Crippen LogP contribution in [0.15, 0.2) is 97.3 Å². The number of carbonyl (C=O) groups is 1. The number of methoxy groups -OCH3 is 1. The number of hydrogen-bond acceptors (Lipinski definition) is 8. The number of pyridine rings is 2. The summed E-state index contributed by atoms with van der Waals surface area (Å²) in [4.78, 5) is 22.2. The Morgan fingerprint density at radius 3 is 2.00 bits per heavy atom. The summed E-state index contributed by atoms with van der Waals surface area (Å²) in [6.45, 7) is 2.47. The quantitative estimate of drug-likeness (QED) is 0.168. The summed E-state index contributed by atoms with van der Waals surface area (Å²) in [6.07, 6.45) is 2.23. The summed E-state index contributed by atoms with van der Waals surface area (Å²) in [5.41, 5.74) is 3.52. The van der Waals surface area contributed by atoms with E-state index >= 15 is 0 Å². The molecule has 0 radical (unpaired) electrons. The Balaban J connectivity index is 1.23. The molecule has 2 aromatic heterocycles. The van der Waals surface area contributed by atoms with Crippen molar-refractivity contribution >= 4 is 6.09 Å². The third kappa shape index (κ3) is 9.24. The van der Waals surface area contributed by atoms with Gasteiger partial charge in [0, 0.05) is 30.3 Å². The highest BCUT2D eigenvalue weighted by Crippen LogP contribution is 2.35. The lowest BCUT2D eigenvalue weighted by Gasteiger charge is -2.42. The molecular weight excluding hydrogens is 574 g/mol. The highest BCUT2D eigenvalue weighted by atomic mass is 16.5. The smallest absolute Gasteiger partial charge is 0.407 e. The maximum absolute atomic E-state index is 12.1. The first-order valence-corrected chi connectivity index (χ1v) is 15.0. The zero-order chi connectivity index (χ0) is 31.3. The van der Waals surface area contributed by atoms with Gasteiger partial charge in [0.25, 0.3) is 0 Å². The molecule has 1 aliphatic heterocycles. The summed E-state index contributed by atoms with van der Waals surface area (Å²) in [6, 6.07) is 26.9. The van der Waals surface area contributed by atoms with Gasteiger partial charge < -0.3 is 33.7 Å². The minimum Gasteiger partial charge on any atom is -0.496 e. The molecule has 10 heteroatoms. The van der Waals surface area contributed by atoms with E-state index < -0.39 is 18.3 Å². The van der Waals surface area contributed by atoms with Crippen LogP contribution in [-0.4, -0.2) is 71.7 Å². The van der Waals surface area contributed by atoms with Gasteiger partial charge in [0.1, 0.15) is 11.5 Å². The second-order valence-electron chi connectivity index (χ2n) is 10.7. The predicted octanol–water partition coefficient (Wildman–Crippen LogP) is 5.72. The lowest BCUT2D eigenvalue weighted by molar-refractivity contribution is -0.0946. The second kappa shape index (κ2) is 16.5. The van der Waals surface area contributed by atoms with Gasteiger partial charge in [-0.25, -0.2) is 4.79 Å². The van der Waals surface area contributed by atoms with Crippen molar-refractivity contribution < 1.29 is 33.6 Å². The zero-order valence-corrected chi connectivity index (χ0v) is 25.4. The van der Waals surface area contributed by atoms with Gasteiger partial charge in [-0.2, -0.15) is 0 Å². The number of nitrogens with zero attached hydrogens (tertiary/aromatic N) is 3. The summed E-state index contributed by atoms with van der Waals surface area (Å²) in [5, 5.41) is 9.91. The first-order chi connectivity index (χ1) is 22.1. The molecule has 5 rings (SSSR count). The molecule has 10 nitrogen and oxygen atoms in total. The molecule has 3 atom stereocenters. The molecule has 1 N–H and O–H groups in total. The van der Waals surface area contributed by atoms with Crippen LogP contribution in [0.5, 0.6) is 11.5 Å². The van der Waals surface area contributed by atoms with Gasteiger partial charge in [-0.05, 0) is 48.0 Å². The Kier molecular flexibility index (Phi) is 11.7. The van der Waals surface area contributed by atoms with Gasteiger partial charge in [0.05, 0.1) is 76.8 Å². The van der Waals surface area contributed by atoms with Crippen LogP contribution in [0.2, 0.25) is 0 Å². The summed E-state index contributed by atoms with van der Waals surface area (Å²) in [7, 11) is 1.65. The van der Waals surface area contributed by atoms with Crippen molar-refractivity contribution in [3.8, 4) is 11.5 Å². The van der Waals surface area contributed by atoms with Crippen molar-refractivity contribution in [2.24, 2.45) is 0 Å². The monoisotopic (exact) mass is 613 g/mol. The largest absolute Gasteiger partial charge is 0.496 e. The van der Waals surface area contributed by atoms with Crippen LogP contribution >= 0.6 is 0 Å². The zero-order valence-electron chi connectivity index (χ0n) is 25.4. The average Bonchev–Trinajstić information content (AvgIpc) is 3.09. The fraction of sp³-hybridized carbons (Fsp3) is 0.343. The number of benzene rings is 2. The third-order valence-electron chi connectivity index (χ3n) is 7.63. The number of rotatable bonds is 15. The van der Waals surface area contributed by atoms with E-state index in [-0.39, 0.29) is 32.2 Å². The molecule has 1 amide bonds. The van der Waals surface area contributed by atoms with Crippen molar-refractivity contribution in [1.82, 2.24) is 14.9 Å². The minimum absolute atomic E-state index is 0.212. The Morgan fingerprint density at radius 1 is 0.800 bits per heavy atom. The van der Waals surface area contributed by atoms with Gasteiger partial charge in [-0.15, -0.1) is 0 Å². The first-order valence-electron chi connectivity index (χ1n) is 15.0. The molecule has 1 aliphatic rings. The summed E-state index contributed by atoms with van der Waals surface area (Å²) < 4.78 is 29.9. The number of aromatic nitrogens is 2. The number of para-hydroxylation sites is 1. The number of hydrogen-bond donors (Lipinski definition) is 1. The fourth-order valence-electron chi connectivity index (χ4n) is 5.37. The van der Waals surface area contributed by atoms with E-state index in [2.05, 4.69) is 9.97 Å². The molecular formula is C35H39N3O7. The van der Waals surface area contributed by atoms with E-state index in [1.54, 1.807) is 19.5 Å². The maximum Gasteiger partial charge on any atom is 0.407 e. The third-order valence-corrected chi connectivity index (χ3v) is 7.63. The van der Waals surface area contributed by atoms with Crippen molar-refractivity contribution in [3.05, 3.63) is 120 Å². The Hall–Kier alpha value is -4.51. The number of likely N-dealkylation sites (tertiary alicyclic amines) is 1. The van der Waals surface area contributed by atoms with Crippen LogP contribution in [0, 0.1) is 0 Å². The first kappa shape index (κ1) is 31.9. The van der Waals surface area contributed by atoms with Crippen molar-refractivity contribution in [2.75, 3.05) is 33.4 Å². The Morgan fingerprint density at radius 2 is 1.42 bits per heavy atom. The standard InChI is InChI=1S/C35H39N3O7/c1-41-31-12-3-2-9-27(31)23-42-19-8-20-43-30-15-13-26(14-16-30)34-32(44-24-28-10-4-6-17-36-28)21-38(35(39)40)22-33(34)45-25-29-11-5-7-18-37-29/h2-7,9-18,32-34H,8,19-25H2,1H3,(H,39,40)/t32-,33+,34+. The highest BCUT2D eigenvalue weighted by Gasteiger charge is 2.41. The van der Waals surface area contributed by atoms with Crippen LogP contribution in [-0.2, 0) is 34.0 Å². The lowest BCUT2D eigenvalue weighted by Crippen LogP contribution is -2.54. The molecule has 0 bridgehead atoms. The normalized spacial score (nSPS) is 18.0. The molecule has 3 heterocycles. The van der Waals surface area contributed by atoms with Crippen LogP contribution in [0.1, 0.15) is 34.9 Å². The predicted molar refractivity (Wildman–Crippen MR) is 167 cm³/mol. The molecule has 1 fully saturated rings. The molecule has 236 valence electrons. The van der Waals surface area contributed by atoms with E-state index in [1.807, 2.05) is 84.9 Å². The van der Waals surface area contributed by atoms with E-state index in [0.29, 0.717) is 19.8 Å². The van der Waals surface area contributed by atoms with Gasteiger partial charge in [0.2, 0.25) is 0 Å². The summed E-state index contributed by atoms with van der Waals surface area (Å²) in [5.74, 6) is 1.32. The van der Waals surface area contributed by atoms with E-state index in [1.165, 1.54) is 4.90 Å². The van der Waals surface area contributed by atoms with Crippen LogP contribution in [0.25, 0.3) is 0 Å². The van der Waals surface area contributed by atoms with Crippen molar-refractivity contribution in [3.63, 3.8) is 0 Å². The summed E-state index contributed by atoms with van der Waals surface area (Å²) >= 11 is 0. The number of carboxylic acid groups (broad SMARTS) is 1. The van der Waals surface area contributed by atoms with E-state index in [0.717, 1.165) is 40.4 Å². The molecule has 1 saturated heterocycles. The molecule has 45 heavy (non-hydrogen) atoms. The number of amides is 1. The van der Waals surface area contributed by atoms with Crippen LogP contribution < -0.4 is 9.47 Å². The molecule has 0 unspecified atom stereocenters. The molecule has 0 saturated carbocycles. The molecule has 0 aliphatic carbocycles. The van der Waals surface area contributed by atoms with Crippen LogP contribution in [0.4, 0.5) is 4.79 Å². The highest BCUT2D eigenvalue weighted by molar-refractivity contribution is 5.65. The SMILES string of the molecule is COc1ccccc1COCCCOc1ccc([C@@H]2[C@@H](OCc3ccccn3)CN(C(=O)O)C[C@H]2OCc2ccccn2)cc1. The van der Waals surface area contributed by atoms with Gasteiger partial charge >= 0.3 is 6.09 Å². The number of piperidine rings is 1.